The number of hydrogen-bond donors (Lipinski definition) is 1. The number of halogens is 1. The zero-order valence-electron chi connectivity index (χ0n) is 8.22. The van der Waals surface area contributed by atoms with Crippen LogP contribution in [0, 0.1) is 6.92 Å². The van der Waals surface area contributed by atoms with Crippen molar-refractivity contribution in [2.75, 3.05) is 13.1 Å². The van der Waals surface area contributed by atoms with Crippen LogP contribution in [0.4, 0.5) is 0 Å². The minimum Gasteiger partial charge on any atom is -0.487 e. The number of hydrogen-bond acceptors (Lipinski definition) is 2. The molecule has 0 aliphatic carbocycles. The van der Waals surface area contributed by atoms with E-state index in [0.717, 1.165) is 35.8 Å². The molecule has 0 radical (unpaired) electrons. The molecule has 1 atom stereocenters. The summed E-state index contributed by atoms with van der Waals surface area (Å²) in [5.41, 5.74) is 1.06. The van der Waals surface area contributed by atoms with E-state index in [9.17, 15) is 0 Å². The van der Waals surface area contributed by atoms with Gasteiger partial charge >= 0.3 is 0 Å². The Kier molecular flexibility index (Phi) is 2.94. The van der Waals surface area contributed by atoms with E-state index < -0.39 is 0 Å². The van der Waals surface area contributed by atoms with Gasteiger partial charge in [0.25, 0.3) is 0 Å². The molecule has 1 fully saturated rings. The first-order valence-corrected chi connectivity index (χ1v) is 5.27. The van der Waals surface area contributed by atoms with E-state index in [1.54, 1.807) is 0 Å². The van der Waals surface area contributed by atoms with Crippen LogP contribution >= 0.6 is 11.6 Å². The minimum atomic E-state index is 0.272. The lowest BCUT2D eigenvalue weighted by atomic mass is 10.2. The summed E-state index contributed by atoms with van der Waals surface area (Å²) >= 11 is 6.13. The molecule has 1 aliphatic rings. The third-order valence-electron chi connectivity index (χ3n) is 2.47. The predicted molar refractivity (Wildman–Crippen MR) is 58.1 cm³/mol. The molecule has 0 aromatic heterocycles. The van der Waals surface area contributed by atoms with Crippen molar-refractivity contribution < 1.29 is 4.74 Å². The molecule has 3 heteroatoms. The molecule has 0 bridgehead atoms. The second-order valence-electron chi connectivity index (χ2n) is 3.62. The molecule has 2 rings (SSSR count). The summed E-state index contributed by atoms with van der Waals surface area (Å²) < 4.78 is 5.79. The van der Waals surface area contributed by atoms with Crippen LogP contribution in [0.15, 0.2) is 18.2 Å². The SMILES string of the molecule is Cc1cccc(OC2CCNC2)c1Cl. The highest BCUT2D eigenvalue weighted by molar-refractivity contribution is 6.32. The van der Waals surface area contributed by atoms with Crippen LogP contribution in [0.1, 0.15) is 12.0 Å². The van der Waals surface area contributed by atoms with Crippen LogP contribution in [0.5, 0.6) is 5.75 Å². The van der Waals surface area contributed by atoms with Gasteiger partial charge in [-0.2, -0.15) is 0 Å². The smallest absolute Gasteiger partial charge is 0.138 e. The van der Waals surface area contributed by atoms with Gasteiger partial charge in [0.1, 0.15) is 11.9 Å². The summed E-state index contributed by atoms with van der Waals surface area (Å²) in [6, 6.07) is 5.88. The Hall–Kier alpha value is -0.730. The Labute approximate surface area is 89.2 Å². The monoisotopic (exact) mass is 211 g/mol. The average molecular weight is 212 g/mol. The molecule has 0 spiro atoms. The van der Waals surface area contributed by atoms with Crippen molar-refractivity contribution in [1.82, 2.24) is 5.32 Å². The number of benzene rings is 1. The molecule has 0 amide bonds. The molecule has 76 valence electrons. The molecular weight excluding hydrogens is 198 g/mol. The summed E-state index contributed by atoms with van der Waals surface area (Å²) in [6.45, 7) is 3.94. The fraction of sp³-hybridized carbons (Fsp3) is 0.455. The van der Waals surface area contributed by atoms with Crippen molar-refractivity contribution in [1.29, 1.82) is 0 Å². The summed E-state index contributed by atoms with van der Waals surface area (Å²) in [4.78, 5) is 0. The molecule has 1 aromatic rings. The molecule has 1 saturated heterocycles. The maximum absolute atomic E-state index is 6.13. The van der Waals surface area contributed by atoms with E-state index in [0.29, 0.717) is 0 Å². The Morgan fingerprint density at radius 1 is 1.50 bits per heavy atom. The molecule has 0 saturated carbocycles. The van der Waals surface area contributed by atoms with Crippen LogP contribution in [-0.2, 0) is 0 Å². The van der Waals surface area contributed by atoms with Crippen molar-refractivity contribution >= 4 is 11.6 Å². The van der Waals surface area contributed by atoms with Crippen LogP contribution in [0.2, 0.25) is 5.02 Å². The van der Waals surface area contributed by atoms with E-state index in [4.69, 9.17) is 16.3 Å². The average Bonchev–Trinajstić information content (AvgIpc) is 2.66. The van der Waals surface area contributed by atoms with E-state index in [1.807, 2.05) is 25.1 Å². The highest BCUT2D eigenvalue weighted by Gasteiger charge is 2.17. The summed E-state index contributed by atoms with van der Waals surface area (Å²) in [7, 11) is 0. The lowest BCUT2D eigenvalue weighted by Crippen LogP contribution is -2.19. The van der Waals surface area contributed by atoms with Gasteiger partial charge in [0.05, 0.1) is 5.02 Å². The van der Waals surface area contributed by atoms with Crippen LogP contribution < -0.4 is 10.1 Å². The molecule has 1 unspecified atom stereocenters. The van der Waals surface area contributed by atoms with E-state index >= 15 is 0 Å². The standard InChI is InChI=1S/C11H14ClNO/c1-8-3-2-4-10(11(8)12)14-9-5-6-13-7-9/h2-4,9,13H,5-7H2,1H3. The first-order valence-electron chi connectivity index (χ1n) is 4.90. The van der Waals surface area contributed by atoms with Gasteiger partial charge in [-0.05, 0) is 31.5 Å². The van der Waals surface area contributed by atoms with Gasteiger partial charge in [0, 0.05) is 6.54 Å². The lowest BCUT2D eigenvalue weighted by molar-refractivity contribution is 0.223. The summed E-state index contributed by atoms with van der Waals surface area (Å²) in [5.74, 6) is 0.806. The largest absolute Gasteiger partial charge is 0.487 e. The zero-order valence-corrected chi connectivity index (χ0v) is 8.97. The van der Waals surface area contributed by atoms with E-state index in [2.05, 4.69) is 5.32 Å². The highest BCUT2D eigenvalue weighted by atomic mass is 35.5. The number of aryl methyl sites for hydroxylation is 1. The summed E-state index contributed by atoms with van der Waals surface area (Å²) in [6.07, 6.45) is 1.33. The van der Waals surface area contributed by atoms with E-state index in [1.165, 1.54) is 0 Å². The minimum absolute atomic E-state index is 0.272. The summed E-state index contributed by atoms with van der Waals surface area (Å²) in [5, 5.41) is 3.99. The Balaban J connectivity index is 2.11. The van der Waals surface area contributed by atoms with Gasteiger partial charge in [0.15, 0.2) is 0 Å². The van der Waals surface area contributed by atoms with Crippen molar-refractivity contribution in [2.24, 2.45) is 0 Å². The number of ether oxygens (including phenoxy) is 1. The topological polar surface area (TPSA) is 21.3 Å². The van der Waals surface area contributed by atoms with Crippen molar-refractivity contribution in [3.63, 3.8) is 0 Å². The Bertz CT molecular complexity index is 321. The quantitative estimate of drug-likeness (QED) is 0.811. The molecule has 2 nitrogen and oxygen atoms in total. The second kappa shape index (κ2) is 4.20. The van der Waals surface area contributed by atoms with Crippen molar-refractivity contribution in [2.45, 2.75) is 19.4 Å². The molecule has 14 heavy (non-hydrogen) atoms. The first-order chi connectivity index (χ1) is 6.77. The molecule has 1 N–H and O–H groups in total. The number of rotatable bonds is 2. The van der Waals surface area contributed by atoms with Gasteiger partial charge in [-0.25, -0.2) is 0 Å². The third kappa shape index (κ3) is 2.02. The van der Waals surface area contributed by atoms with Gasteiger partial charge in [-0.1, -0.05) is 23.7 Å². The molecule has 1 heterocycles. The number of nitrogens with one attached hydrogen (secondary N) is 1. The predicted octanol–water partition coefficient (Wildman–Crippen LogP) is 2.39. The third-order valence-corrected chi connectivity index (χ3v) is 2.95. The van der Waals surface area contributed by atoms with Gasteiger partial charge in [-0.15, -0.1) is 0 Å². The fourth-order valence-electron chi connectivity index (χ4n) is 1.62. The Morgan fingerprint density at radius 2 is 2.36 bits per heavy atom. The van der Waals surface area contributed by atoms with Crippen molar-refractivity contribution in [3.8, 4) is 5.75 Å². The van der Waals surface area contributed by atoms with Gasteiger partial charge in [0.2, 0.25) is 0 Å². The normalized spacial score (nSPS) is 21.1. The van der Waals surface area contributed by atoms with Crippen molar-refractivity contribution in [3.05, 3.63) is 28.8 Å². The van der Waals surface area contributed by atoms with Crippen LogP contribution in [0.25, 0.3) is 0 Å². The van der Waals surface area contributed by atoms with Crippen LogP contribution in [0.3, 0.4) is 0 Å². The molecule has 1 aliphatic heterocycles. The fourth-order valence-corrected chi connectivity index (χ4v) is 1.79. The van der Waals surface area contributed by atoms with Gasteiger partial charge in [-0.3, -0.25) is 0 Å². The van der Waals surface area contributed by atoms with Crippen LogP contribution in [-0.4, -0.2) is 19.2 Å². The second-order valence-corrected chi connectivity index (χ2v) is 4.00. The van der Waals surface area contributed by atoms with E-state index in [-0.39, 0.29) is 6.10 Å². The molecular formula is C11H14ClNO. The zero-order chi connectivity index (χ0) is 9.97. The molecule has 1 aromatic carbocycles. The van der Waals surface area contributed by atoms with Gasteiger partial charge < -0.3 is 10.1 Å². The highest BCUT2D eigenvalue weighted by Crippen LogP contribution is 2.28. The first kappa shape index (κ1) is 9.81. The maximum Gasteiger partial charge on any atom is 0.138 e. The Morgan fingerprint density at radius 3 is 3.07 bits per heavy atom. The maximum atomic E-state index is 6.13. The lowest BCUT2D eigenvalue weighted by Gasteiger charge is -2.14.